The number of para-hydroxylation sites is 1. The number of benzene rings is 1. The number of esters is 1. The second-order valence-corrected chi connectivity index (χ2v) is 7.78. The van der Waals surface area contributed by atoms with E-state index in [1.165, 1.54) is 14.0 Å². The van der Waals surface area contributed by atoms with Crippen LogP contribution in [0.25, 0.3) is 10.9 Å². The molecule has 2 atom stereocenters. The van der Waals surface area contributed by atoms with E-state index in [9.17, 15) is 14.4 Å². The van der Waals surface area contributed by atoms with Gasteiger partial charge in [-0.05, 0) is 31.0 Å². The summed E-state index contributed by atoms with van der Waals surface area (Å²) in [5, 5.41) is 3.76. The van der Waals surface area contributed by atoms with Gasteiger partial charge in [-0.2, -0.15) is 0 Å². The summed E-state index contributed by atoms with van der Waals surface area (Å²) >= 11 is 1.10. The van der Waals surface area contributed by atoms with Crippen molar-refractivity contribution >= 4 is 39.7 Å². The highest BCUT2D eigenvalue weighted by Gasteiger charge is 2.27. The van der Waals surface area contributed by atoms with Crippen molar-refractivity contribution in [2.75, 3.05) is 19.4 Å². The van der Waals surface area contributed by atoms with Crippen LogP contribution in [0.2, 0.25) is 0 Å². The van der Waals surface area contributed by atoms with Crippen molar-refractivity contribution in [2.45, 2.75) is 32.2 Å². The van der Waals surface area contributed by atoms with E-state index in [1.54, 1.807) is 0 Å². The quantitative estimate of drug-likeness (QED) is 0.521. The van der Waals surface area contributed by atoms with Gasteiger partial charge in [0, 0.05) is 42.1 Å². The zero-order valence-electron chi connectivity index (χ0n) is 16.2. The molecule has 0 aliphatic heterocycles. The Balaban J connectivity index is 2.13. The van der Waals surface area contributed by atoms with Gasteiger partial charge in [0.25, 0.3) is 0 Å². The number of rotatable bonds is 10. The average molecular weight is 406 g/mol. The van der Waals surface area contributed by atoms with Crippen molar-refractivity contribution < 1.29 is 19.1 Å². The topological polar surface area (TPSA) is 114 Å². The first kappa shape index (κ1) is 22.0. The lowest BCUT2D eigenvalue weighted by molar-refractivity contribution is -0.145. The van der Waals surface area contributed by atoms with E-state index in [1.807, 2.05) is 30.5 Å². The van der Waals surface area contributed by atoms with Crippen molar-refractivity contribution in [3.8, 4) is 0 Å². The molecule has 4 N–H and O–H groups in total. The van der Waals surface area contributed by atoms with Gasteiger partial charge in [-0.1, -0.05) is 30.0 Å². The SMILES string of the molecule is COC(=O)[C@H](Cc1c[nH]c2ccccc12)NC(=O)C(CCCN)CSC(C)=O. The molecule has 0 aliphatic rings. The van der Waals surface area contributed by atoms with Crippen molar-refractivity contribution in [2.24, 2.45) is 11.7 Å². The Morgan fingerprint density at radius 1 is 1.29 bits per heavy atom. The summed E-state index contributed by atoms with van der Waals surface area (Å²) in [6.45, 7) is 1.93. The summed E-state index contributed by atoms with van der Waals surface area (Å²) in [4.78, 5) is 39.5. The summed E-state index contributed by atoms with van der Waals surface area (Å²) < 4.78 is 4.89. The van der Waals surface area contributed by atoms with E-state index in [0.717, 1.165) is 28.2 Å². The molecule has 1 aromatic carbocycles. The fourth-order valence-corrected chi connectivity index (χ4v) is 3.77. The maximum Gasteiger partial charge on any atom is 0.328 e. The third-order valence-electron chi connectivity index (χ3n) is 4.52. The first-order valence-corrected chi connectivity index (χ1v) is 10.2. The number of carbonyl (C=O) groups is 3. The molecule has 28 heavy (non-hydrogen) atoms. The van der Waals surface area contributed by atoms with Crippen molar-refractivity contribution in [3.63, 3.8) is 0 Å². The van der Waals surface area contributed by atoms with Gasteiger partial charge in [-0.15, -0.1) is 0 Å². The number of ether oxygens (including phenoxy) is 1. The number of carbonyl (C=O) groups excluding carboxylic acids is 3. The first-order chi connectivity index (χ1) is 13.5. The molecule has 2 aromatic rings. The van der Waals surface area contributed by atoms with Gasteiger partial charge in [-0.3, -0.25) is 9.59 Å². The zero-order chi connectivity index (χ0) is 20.5. The molecule has 1 heterocycles. The molecule has 0 fully saturated rings. The number of fused-ring (bicyclic) bond motifs is 1. The molecule has 8 heteroatoms. The molecular formula is C20H27N3O4S. The molecule has 2 rings (SSSR count). The van der Waals surface area contributed by atoms with E-state index in [2.05, 4.69) is 10.3 Å². The summed E-state index contributed by atoms with van der Waals surface area (Å²) in [5.41, 5.74) is 7.45. The summed E-state index contributed by atoms with van der Waals surface area (Å²) in [5.74, 6) is -0.803. The minimum atomic E-state index is -0.806. The monoisotopic (exact) mass is 405 g/mol. The van der Waals surface area contributed by atoms with E-state index >= 15 is 0 Å². The largest absolute Gasteiger partial charge is 0.467 e. The molecule has 0 bridgehead atoms. The predicted molar refractivity (Wildman–Crippen MR) is 111 cm³/mol. The number of methoxy groups -OCH3 is 1. The van der Waals surface area contributed by atoms with E-state index in [4.69, 9.17) is 10.5 Å². The zero-order valence-corrected chi connectivity index (χ0v) is 17.0. The normalized spacial score (nSPS) is 13.1. The number of aromatic nitrogens is 1. The molecule has 1 amide bonds. The van der Waals surface area contributed by atoms with Gasteiger partial charge < -0.3 is 20.8 Å². The van der Waals surface area contributed by atoms with Crippen molar-refractivity contribution in [1.82, 2.24) is 10.3 Å². The number of nitrogens with one attached hydrogen (secondary N) is 2. The number of thioether (sulfide) groups is 1. The fourth-order valence-electron chi connectivity index (χ4n) is 3.02. The van der Waals surface area contributed by atoms with Crippen LogP contribution in [0, 0.1) is 5.92 Å². The number of hydrogen-bond acceptors (Lipinski definition) is 6. The maximum absolute atomic E-state index is 12.8. The summed E-state index contributed by atoms with van der Waals surface area (Å²) in [6.07, 6.45) is 3.38. The standard InChI is InChI=1S/C20H27N3O4S/c1-13(24)28-12-14(6-5-9-21)19(25)23-18(20(26)27-2)10-15-11-22-17-8-4-3-7-16(15)17/h3-4,7-8,11,14,18,22H,5-6,9-10,12,21H2,1-2H3,(H,23,25)/t14?,18-/m0/s1. The number of hydrogen-bond donors (Lipinski definition) is 3. The van der Waals surface area contributed by atoms with Crippen LogP contribution in [0.5, 0.6) is 0 Å². The van der Waals surface area contributed by atoms with Crippen LogP contribution in [-0.4, -0.2) is 47.4 Å². The Hall–Kier alpha value is -2.32. The molecule has 0 aliphatic carbocycles. The van der Waals surface area contributed by atoms with Crippen LogP contribution in [0.15, 0.2) is 30.5 Å². The molecule has 0 saturated heterocycles. The molecule has 0 saturated carbocycles. The lowest BCUT2D eigenvalue weighted by atomic mass is 10.0. The second-order valence-electron chi connectivity index (χ2n) is 6.58. The Morgan fingerprint density at radius 3 is 2.71 bits per heavy atom. The Labute approximate surface area is 168 Å². The van der Waals surface area contributed by atoms with Gasteiger partial charge in [0.2, 0.25) is 5.91 Å². The predicted octanol–water partition coefficient (Wildman–Crippen LogP) is 2.00. The highest BCUT2D eigenvalue weighted by Crippen LogP contribution is 2.20. The van der Waals surface area contributed by atoms with Crippen molar-refractivity contribution in [3.05, 3.63) is 36.0 Å². The Bertz CT molecular complexity index is 821. The first-order valence-electron chi connectivity index (χ1n) is 9.22. The van der Waals surface area contributed by atoms with Crippen LogP contribution in [0.3, 0.4) is 0 Å². The van der Waals surface area contributed by atoms with Gasteiger partial charge >= 0.3 is 5.97 Å². The van der Waals surface area contributed by atoms with Gasteiger partial charge in [0.15, 0.2) is 5.12 Å². The minimum Gasteiger partial charge on any atom is -0.467 e. The molecule has 0 radical (unpaired) electrons. The maximum atomic E-state index is 12.8. The molecular weight excluding hydrogens is 378 g/mol. The van der Waals surface area contributed by atoms with Crippen LogP contribution in [0.4, 0.5) is 0 Å². The number of aromatic amines is 1. The summed E-state index contributed by atoms with van der Waals surface area (Å²) in [7, 11) is 1.30. The van der Waals surface area contributed by atoms with Crippen molar-refractivity contribution in [1.29, 1.82) is 0 Å². The van der Waals surface area contributed by atoms with Gasteiger partial charge in [0.1, 0.15) is 6.04 Å². The van der Waals surface area contributed by atoms with Crippen LogP contribution < -0.4 is 11.1 Å². The highest BCUT2D eigenvalue weighted by molar-refractivity contribution is 8.13. The van der Waals surface area contributed by atoms with Gasteiger partial charge in [0.05, 0.1) is 7.11 Å². The smallest absolute Gasteiger partial charge is 0.328 e. The van der Waals surface area contributed by atoms with E-state index in [0.29, 0.717) is 31.6 Å². The van der Waals surface area contributed by atoms with Crippen LogP contribution in [-0.2, 0) is 25.5 Å². The highest BCUT2D eigenvalue weighted by atomic mass is 32.2. The minimum absolute atomic E-state index is 0.0474. The van der Waals surface area contributed by atoms with Crippen LogP contribution >= 0.6 is 11.8 Å². The number of amides is 1. The number of H-pyrrole nitrogens is 1. The third-order valence-corrected chi connectivity index (χ3v) is 5.49. The number of nitrogens with two attached hydrogens (primary N) is 1. The van der Waals surface area contributed by atoms with Crippen LogP contribution in [0.1, 0.15) is 25.3 Å². The molecule has 152 valence electrons. The summed E-state index contributed by atoms with van der Waals surface area (Å²) in [6, 6.07) is 6.96. The Morgan fingerprint density at radius 2 is 2.04 bits per heavy atom. The molecule has 0 spiro atoms. The third kappa shape index (κ3) is 6.10. The lowest BCUT2D eigenvalue weighted by Gasteiger charge is -2.21. The fraction of sp³-hybridized carbons (Fsp3) is 0.450. The van der Waals surface area contributed by atoms with E-state index in [-0.39, 0.29) is 11.0 Å². The second kappa shape index (κ2) is 10.9. The van der Waals surface area contributed by atoms with E-state index < -0.39 is 17.9 Å². The van der Waals surface area contributed by atoms with Gasteiger partial charge in [-0.25, -0.2) is 4.79 Å². The lowest BCUT2D eigenvalue weighted by Crippen LogP contribution is -2.46. The molecule has 7 nitrogen and oxygen atoms in total. The Kier molecular flexibility index (Phi) is 8.53. The molecule has 1 aromatic heterocycles. The molecule has 1 unspecified atom stereocenters. The average Bonchev–Trinajstić information content (AvgIpc) is 3.09.